The SMILES string of the molecule is COc1cccc(N(C)CC2CC2C)c1N. The lowest BCUT2D eigenvalue weighted by atomic mass is 10.2. The van der Waals surface area contributed by atoms with Gasteiger partial charge in [-0.25, -0.2) is 0 Å². The van der Waals surface area contributed by atoms with Gasteiger partial charge >= 0.3 is 0 Å². The maximum Gasteiger partial charge on any atom is 0.143 e. The Hall–Kier alpha value is -1.38. The van der Waals surface area contributed by atoms with E-state index in [1.54, 1.807) is 7.11 Å². The first-order chi connectivity index (χ1) is 7.63. The molecule has 0 radical (unpaired) electrons. The lowest BCUT2D eigenvalue weighted by Crippen LogP contribution is -2.21. The average Bonchev–Trinajstić information content (AvgIpc) is 2.94. The van der Waals surface area contributed by atoms with E-state index in [1.807, 2.05) is 18.2 Å². The van der Waals surface area contributed by atoms with Gasteiger partial charge in [-0.2, -0.15) is 0 Å². The minimum absolute atomic E-state index is 0.737. The average molecular weight is 220 g/mol. The highest BCUT2D eigenvalue weighted by atomic mass is 16.5. The maximum absolute atomic E-state index is 6.06. The largest absolute Gasteiger partial charge is 0.495 e. The number of nitrogens with zero attached hydrogens (tertiary/aromatic N) is 1. The fourth-order valence-electron chi connectivity index (χ4n) is 2.15. The summed E-state index contributed by atoms with van der Waals surface area (Å²) < 4.78 is 5.23. The summed E-state index contributed by atoms with van der Waals surface area (Å²) in [4.78, 5) is 2.23. The Morgan fingerprint density at radius 3 is 2.75 bits per heavy atom. The van der Waals surface area contributed by atoms with Gasteiger partial charge in [-0.15, -0.1) is 0 Å². The molecule has 0 amide bonds. The summed E-state index contributed by atoms with van der Waals surface area (Å²) in [5.41, 5.74) is 7.86. The van der Waals surface area contributed by atoms with Crippen LogP contribution in [0.25, 0.3) is 0 Å². The zero-order chi connectivity index (χ0) is 11.7. The summed E-state index contributed by atoms with van der Waals surface area (Å²) in [5, 5.41) is 0. The van der Waals surface area contributed by atoms with Gasteiger partial charge in [0.2, 0.25) is 0 Å². The molecule has 88 valence electrons. The topological polar surface area (TPSA) is 38.5 Å². The van der Waals surface area contributed by atoms with Crippen LogP contribution in [0.5, 0.6) is 5.75 Å². The summed E-state index contributed by atoms with van der Waals surface area (Å²) in [6.45, 7) is 3.38. The number of nitrogens with two attached hydrogens (primary N) is 1. The smallest absolute Gasteiger partial charge is 0.143 e. The van der Waals surface area contributed by atoms with Crippen molar-refractivity contribution in [3.8, 4) is 5.75 Å². The van der Waals surface area contributed by atoms with Crippen molar-refractivity contribution in [2.45, 2.75) is 13.3 Å². The molecule has 1 saturated carbocycles. The fraction of sp³-hybridized carbons (Fsp3) is 0.538. The van der Waals surface area contributed by atoms with Crippen molar-refractivity contribution in [1.82, 2.24) is 0 Å². The van der Waals surface area contributed by atoms with Crippen LogP contribution in [0.3, 0.4) is 0 Å². The third-order valence-corrected chi connectivity index (χ3v) is 3.46. The number of methoxy groups -OCH3 is 1. The number of para-hydroxylation sites is 1. The second-order valence-corrected chi connectivity index (χ2v) is 4.75. The van der Waals surface area contributed by atoms with Crippen LogP contribution in [0, 0.1) is 11.8 Å². The van der Waals surface area contributed by atoms with Crippen LogP contribution in [-0.2, 0) is 0 Å². The highest BCUT2D eigenvalue weighted by Crippen LogP contribution is 2.40. The Balaban J connectivity index is 2.12. The summed E-state index contributed by atoms with van der Waals surface area (Å²) in [6, 6.07) is 5.93. The van der Waals surface area contributed by atoms with E-state index >= 15 is 0 Å². The molecule has 3 nitrogen and oxygen atoms in total. The number of nitrogen functional groups attached to an aromatic ring is 1. The molecular weight excluding hydrogens is 200 g/mol. The first kappa shape index (κ1) is 11.1. The Labute approximate surface area is 97.2 Å². The zero-order valence-corrected chi connectivity index (χ0v) is 10.2. The molecule has 0 aliphatic heterocycles. The van der Waals surface area contributed by atoms with Crippen LogP contribution in [0.15, 0.2) is 18.2 Å². The van der Waals surface area contributed by atoms with Gasteiger partial charge in [0.15, 0.2) is 0 Å². The Morgan fingerprint density at radius 2 is 2.19 bits per heavy atom. The first-order valence-corrected chi connectivity index (χ1v) is 5.77. The fourth-order valence-corrected chi connectivity index (χ4v) is 2.15. The van der Waals surface area contributed by atoms with Gasteiger partial charge in [0.1, 0.15) is 5.75 Å². The molecule has 1 aliphatic rings. The number of rotatable bonds is 4. The van der Waals surface area contributed by atoms with Gasteiger partial charge in [0.05, 0.1) is 18.5 Å². The summed E-state index contributed by atoms with van der Waals surface area (Å²) in [5.74, 6) is 2.46. The van der Waals surface area contributed by atoms with Gasteiger partial charge in [-0.3, -0.25) is 0 Å². The number of benzene rings is 1. The van der Waals surface area contributed by atoms with E-state index in [2.05, 4.69) is 18.9 Å². The van der Waals surface area contributed by atoms with Crippen molar-refractivity contribution in [1.29, 1.82) is 0 Å². The van der Waals surface area contributed by atoms with Crippen LogP contribution in [0.4, 0.5) is 11.4 Å². The van der Waals surface area contributed by atoms with E-state index in [9.17, 15) is 0 Å². The van der Waals surface area contributed by atoms with E-state index in [0.717, 1.165) is 35.5 Å². The van der Waals surface area contributed by atoms with Crippen molar-refractivity contribution in [2.75, 3.05) is 31.3 Å². The molecule has 2 unspecified atom stereocenters. The van der Waals surface area contributed by atoms with E-state index in [1.165, 1.54) is 6.42 Å². The molecular formula is C13H20N2O. The molecule has 1 aromatic rings. The van der Waals surface area contributed by atoms with E-state index in [4.69, 9.17) is 10.5 Å². The molecule has 3 heteroatoms. The molecule has 0 bridgehead atoms. The minimum atomic E-state index is 0.737. The number of hydrogen-bond donors (Lipinski definition) is 1. The summed E-state index contributed by atoms with van der Waals surface area (Å²) in [7, 11) is 3.74. The Bertz CT molecular complexity index is 378. The molecule has 2 N–H and O–H groups in total. The molecule has 2 atom stereocenters. The summed E-state index contributed by atoms with van der Waals surface area (Å²) in [6.07, 6.45) is 1.34. The van der Waals surface area contributed by atoms with Crippen molar-refractivity contribution >= 4 is 11.4 Å². The molecule has 0 saturated heterocycles. The van der Waals surface area contributed by atoms with Gasteiger partial charge in [0, 0.05) is 13.6 Å². The van der Waals surface area contributed by atoms with Crippen LogP contribution in [0.2, 0.25) is 0 Å². The number of ether oxygens (including phenoxy) is 1. The summed E-state index contributed by atoms with van der Waals surface area (Å²) >= 11 is 0. The number of hydrogen-bond acceptors (Lipinski definition) is 3. The highest BCUT2D eigenvalue weighted by molar-refractivity contribution is 5.73. The molecule has 1 aliphatic carbocycles. The standard InChI is InChI=1S/C13H20N2O/c1-9-7-10(9)8-15(2)11-5-4-6-12(16-3)13(11)14/h4-6,9-10H,7-8,14H2,1-3H3. The molecule has 0 spiro atoms. The predicted octanol–water partition coefficient (Wildman–Crippen LogP) is 2.37. The lowest BCUT2D eigenvalue weighted by molar-refractivity contribution is 0.417. The third kappa shape index (κ3) is 2.08. The van der Waals surface area contributed by atoms with Gasteiger partial charge in [0.25, 0.3) is 0 Å². The van der Waals surface area contributed by atoms with Crippen LogP contribution < -0.4 is 15.4 Å². The molecule has 1 aromatic carbocycles. The van der Waals surface area contributed by atoms with Crippen LogP contribution in [0.1, 0.15) is 13.3 Å². The second kappa shape index (κ2) is 4.24. The minimum Gasteiger partial charge on any atom is -0.495 e. The molecule has 0 aromatic heterocycles. The van der Waals surface area contributed by atoms with Crippen molar-refractivity contribution < 1.29 is 4.74 Å². The Morgan fingerprint density at radius 1 is 1.50 bits per heavy atom. The van der Waals surface area contributed by atoms with Gasteiger partial charge < -0.3 is 15.4 Å². The maximum atomic E-state index is 6.06. The third-order valence-electron chi connectivity index (χ3n) is 3.46. The van der Waals surface area contributed by atoms with Crippen molar-refractivity contribution in [3.63, 3.8) is 0 Å². The first-order valence-electron chi connectivity index (χ1n) is 5.77. The van der Waals surface area contributed by atoms with Crippen molar-refractivity contribution in [2.24, 2.45) is 11.8 Å². The van der Waals surface area contributed by atoms with Crippen LogP contribution in [-0.4, -0.2) is 20.7 Å². The second-order valence-electron chi connectivity index (χ2n) is 4.75. The number of anilines is 2. The monoisotopic (exact) mass is 220 g/mol. The molecule has 0 heterocycles. The van der Waals surface area contributed by atoms with Crippen LogP contribution >= 0.6 is 0 Å². The highest BCUT2D eigenvalue weighted by Gasteiger charge is 2.33. The van der Waals surface area contributed by atoms with E-state index < -0.39 is 0 Å². The van der Waals surface area contributed by atoms with Crippen molar-refractivity contribution in [3.05, 3.63) is 18.2 Å². The lowest BCUT2D eigenvalue weighted by Gasteiger charge is -2.22. The molecule has 2 rings (SSSR count). The molecule has 16 heavy (non-hydrogen) atoms. The Kier molecular flexibility index (Phi) is 2.95. The van der Waals surface area contributed by atoms with E-state index in [0.29, 0.717) is 0 Å². The predicted molar refractivity (Wildman–Crippen MR) is 67.9 cm³/mol. The van der Waals surface area contributed by atoms with E-state index in [-0.39, 0.29) is 0 Å². The van der Waals surface area contributed by atoms with Gasteiger partial charge in [-0.05, 0) is 30.4 Å². The van der Waals surface area contributed by atoms with Gasteiger partial charge in [-0.1, -0.05) is 13.0 Å². The zero-order valence-electron chi connectivity index (χ0n) is 10.2. The molecule has 1 fully saturated rings. The quantitative estimate of drug-likeness (QED) is 0.792. The normalized spacial score (nSPS) is 22.9.